The second kappa shape index (κ2) is 8.14. The smallest absolute Gasteiger partial charge is 0.262 e. The zero-order chi connectivity index (χ0) is 20.2. The Bertz CT molecular complexity index is 987. The van der Waals surface area contributed by atoms with Crippen LogP contribution in [0.15, 0.2) is 53.6 Å². The number of nitrogens with one attached hydrogen (secondary N) is 2. The molecule has 0 aromatic heterocycles. The second-order valence-electron chi connectivity index (χ2n) is 6.78. The number of nitrogens with zero attached hydrogens (tertiary/aromatic N) is 2. The molecule has 0 fully saturated rings. The van der Waals surface area contributed by atoms with E-state index in [2.05, 4.69) is 15.7 Å². The first-order chi connectivity index (χ1) is 14.1. The highest BCUT2D eigenvalue weighted by atomic mass is 16.5. The van der Waals surface area contributed by atoms with E-state index in [1.54, 1.807) is 18.2 Å². The SMILES string of the molecule is O=C(CCC(=O)N1CCC(c2ccccc2)=N1)Nc1ccc2c(c1)NC(=O)CO2. The molecule has 2 heterocycles. The van der Waals surface area contributed by atoms with E-state index in [0.29, 0.717) is 30.1 Å². The summed E-state index contributed by atoms with van der Waals surface area (Å²) in [6.07, 6.45) is 0.818. The number of fused-ring (bicyclic) bond motifs is 1. The molecule has 2 aromatic carbocycles. The monoisotopic (exact) mass is 392 g/mol. The molecule has 0 saturated carbocycles. The number of hydrogen-bond acceptors (Lipinski definition) is 5. The van der Waals surface area contributed by atoms with Gasteiger partial charge in [-0.2, -0.15) is 5.10 Å². The predicted molar refractivity (Wildman–Crippen MR) is 108 cm³/mol. The normalized spacial score (nSPS) is 15.1. The molecule has 8 heteroatoms. The van der Waals surface area contributed by atoms with E-state index in [1.165, 1.54) is 5.01 Å². The molecule has 2 aromatic rings. The third kappa shape index (κ3) is 4.43. The van der Waals surface area contributed by atoms with Crippen LogP contribution >= 0.6 is 0 Å². The van der Waals surface area contributed by atoms with Gasteiger partial charge in [-0.15, -0.1) is 0 Å². The number of hydrogen-bond donors (Lipinski definition) is 2. The molecule has 0 unspecified atom stereocenters. The van der Waals surface area contributed by atoms with Crippen LogP contribution in [0.5, 0.6) is 5.75 Å². The molecule has 0 saturated heterocycles. The minimum atomic E-state index is -0.284. The van der Waals surface area contributed by atoms with Gasteiger partial charge in [-0.25, -0.2) is 5.01 Å². The Labute approximate surface area is 167 Å². The summed E-state index contributed by atoms with van der Waals surface area (Å²) < 4.78 is 5.28. The second-order valence-corrected chi connectivity index (χ2v) is 6.78. The van der Waals surface area contributed by atoms with Gasteiger partial charge in [0.2, 0.25) is 11.8 Å². The topological polar surface area (TPSA) is 100 Å². The Morgan fingerprint density at radius 3 is 2.79 bits per heavy atom. The van der Waals surface area contributed by atoms with Crippen molar-refractivity contribution in [2.24, 2.45) is 5.10 Å². The lowest BCUT2D eigenvalue weighted by molar-refractivity contribution is -0.132. The number of hydrazone groups is 1. The summed E-state index contributed by atoms with van der Waals surface area (Å²) in [5.41, 5.74) is 2.92. The number of ether oxygens (including phenoxy) is 1. The predicted octanol–water partition coefficient (Wildman–Crippen LogP) is 2.37. The number of carbonyl (C=O) groups excluding carboxylic acids is 3. The van der Waals surface area contributed by atoms with E-state index in [4.69, 9.17) is 4.74 Å². The standard InChI is InChI=1S/C21H20N4O4/c26-19(22-15-6-7-18-17(12-15)23-20(27)13-29-18)8-9-21(28)25-11-10-16(24-25)14-4-2-1-3-5-14/h1-7,12H,8-11,13H2,(H,22,26)(H,23,27). The molecule has 148 valence electrons. The van der Waals surface area contributed by atoms with Crippen molar-refractivity contribution in [1.82, 2.24) is 5.01 Å². The first-order valence-corrected chi connectivity index (χ1v) is 9.38. The molecule has 0 bridgehead atoms. The number of amides is 3. The molecule has 8 nitrogen and oxygen atoms in total. The molecule has 0 aliphatic carbocycles. The van der Waals surface area contributed by atoms with Crippen molar-refractivity contribution < 1.29 is 19.1 Å². The van der Waals surface area contributed by atoms with Crippen LogP contribution in [0.1, 0.15) is 24.8 Å². The van der Waals surface area contributed by atoms with E-state index in [9.17, 15) is 14.4 Å². The number of rotatable bonds is 5. The van der Waals surface area contributed by atoms with Gasteiger partial charge in [0, 0.05) is 24.9 Å². The lowest BCUT2D eigenvalue weighted by Gasteiger charge is -2.18. The average molecular weight is 392 g/mol. The molecule has 2 aliphatic heterocycles. The molecular formula is C21H20N4O4. The van der Waals surface area contributed by atoms with Gasteiger partial charge >= 0.3 is 0 Å². The van der Waals surface area contributed by atoms with E-state index < -0.39 is 0 Å². The Balaban J connectivity index is 1.30. The summed E-state index contributed by atoms with van der Waals surface area (Å²) in [5.74, 6) is -0.156. The molecule has 29 heavy (non-hydrogen) atoms. The van der Waals surface area contributed by atoms with Crippen LogP contribution < -0.4 is 15.4 Å². The fraction of sp³-hybridized carbons (Fsp3) is 0.238. The maximum absolute atomic E-state index is 12.4. The van der Waals surface area contributed by atoms with Crippen LogP contribution in [0.25, 0.3) is 0 Å². The van der Waals surface area contributed by atoms with Gasteiger partial charge in [-0.1, -0.05) is 30.3 Å². The number of anilines is 2. The van der Waals surface area contributed by atoms with Crippen LogP contribution in [-0.2, 0) is 14.4 Å². The van der Waals surface area contributed by atoms with Gasteiger partial charge in [0.15, 0.2) is 6.61 Å². The summed E-state index contributed by atoms with van der Waals surface area (Å²) in [6, 6.07) is 14.7. The third-order valence-electron chi connectivity index (χ3n) is 4.66. The van der Waals surface area contributed by atoms with Crippen LogP contribution in [-0.4, -0.2) is 41.6 Å². The van der Waals surface area contributed by atoms with Gasteiger partial charge in [-0.05, 0) is 23.8 Å². The van der Waals surface area contributed by atoms with Crippen molar-refractivity contribution in [2.45, 2.75) is 19.3 Å². The zero-order valence-electron chi connectivity index (χ0n) is 15.7. The van der Waals surface area contributed by atoms with E-state index >= 15 is 0 Å². The largest absolute Gasteiger partial charge is 0.482 e. The van der Waals surface area contributed by atoms with Crippen molar-refractivity contribution in [3.8, 4) is 5.75 Å². The Morgan fingerprint density at radius 2 is 1.97 bits per heavy atom. The quantitative estimate of drug-likeness (QED) is 0.816. The zero-order valence-corrected chi connectivity index (χ0v) is 15.7. The highest BCUT2D eigenvalue weighted by molar-refractivity contribution is 6.03. The lowest BCUT2D eigenvalue weighted by atomic mass is 10.1. The fourth-order valence-electron chi connectivity index (χ4n) is 3.20. The fourth-order valence-corrected chi connectivity index (χ4v) is 3.20. The molecule has 2 N–H and O–H groups in total. The van der Waals surface area contributed by atoms with Crippen molar-refractivity contribution >= 4 is 34.8 Å². The third-order valence-corrected chi connectivity index (χ3v) is 4.66. The minimum absolute atomic E-state index is 0.0220. The Kier molecular flexibility index (Phi) is 5.24. The molecule has 3 amide bonds. The molecule has 0 spiro atoms. The van der Waals surface area contributed by atoms with Crippen LogP contribution in [0.4, 0.5) is 11.4 Å². The first kappa shape index (κ1) is 18.7. The van der Waals surface area contributed by atoms with E-state index in [-0.39, 0.29) is 37.2 Å². The first-order valence-electron chi connectivity index (χ1n) is 9.38. The van der Waals surface area contributed by atoms with Gasteiger partial charge in [0.25, 0.3) is 5.91 Å². The molecule has 2 aliphatic rings. The van der Waals surface area contributed by atoms with E-state index in [0.717, 1.165) is 11.3 Å². The summed E-state index contributed by atoms with van der Waals surface area (Å²) in [6.45, 7) is 0.501. The van der Waals surface area contributed by atoms with E-state index in [1.807, 2.05) is 30.3 Å². The molecule has 4 rings (SSSR count). The van der Waals surface area contributed by atoms with Gasteiger partial charge in [-0.3, -0.25) is 14.4 Å². The van der Waals surface area contributed by atoms with Crippen molar-refractivity contribution in [3.63, 3.8) is 0 Å². The minimum Gasteiger partial charge on any atom is -0.482 e. The number of benzene rings is 2. The maximum atomic E-state index is 12.4. The lowest BCUT2D eigenvalue weighted by Crippen LogP contribution is -2.26. The summed E-state index contributed by atoms with van der Waals surface area (Å²) in [7, 11) is 0. The van der Waals surface area contributed by atoms with Gasteiger partial charge in [0.1, 0.15) is 5.75 Å². The molecule has 0 atom stereocenters. The van der Waals surface area contributed by atoms with Crippen molar-refractivity contribution in [3.05, 3.63) is 54.1 Å². The summed E-state index contributed by atoms with van der Waals surface area (Å²) in [4.78, 5) is 36.0. The van der Waals surface area contributed by atoms with Crippen molar-refractivity contribution in [2.75, 3.05) is 23.8 Å². The summed E-state index contributed by atoms with van der Waals surface area (Å²) in [5, 5.41) is 11.2. The van der Waals surface area contributed by atoms with Gasteiger partial charge in [0.05, 0.1) is 17.9 Å². The Morgan fingerprint density at radius 1 is 1.14 bits per heavy atom. The van der Waals surface area contributed by atoms with Crippen molar-refractivity contribution in [1.29, 1.82) is 0 Å². The average Bonchev–Trinajstić information content (AvgIpc) is 3.23. The summed E-state index contributed by atoms with van der Waals surface area (Å²) >= 11 is 0. The van der Waals surface area contributed by atoms with Crippen LogP contribution in [0.3, 0.4) is 0 Å². The molecule has 0 radical (unpaired) electrons. The van der Waals surface area contributed by atoms with Crippen LogP contribution in [0, 0.1) is 0 Å². The maximum Gasteiger partial charge on any atom is 0.262 e. The van der Waals surface area contributed by atoms with Gasteiger partial charge < -0.3 is 15.4 Å². The highest BCUT2D eigenvalue weighted by Crippen LogP contribution is 2.30. The molecular weight excluding hydrogens is 372 g/mol. The Hall–Kier alpha value is -3.68. The number of carbonyl (C=O) groups is 3. The van der Waals surface area contributed by atoms with Crippen LogP contribution in [0.2, 0.25) is 0 Å². The highest BCUT2D eigenvalue weighted by Gasteiger charge is 2.22.